The Kier molecular flexibility index (Phi) is 10.2. The van der Waals surface area contributed by atoms with Crippen LogP contribution in [0.4, 0.5) is 0 Å². The van der Waals surface area contributed by atoms with Crippen molar-refractivity contribution >= 4 is 23.8 Å². The van der Waals surface area contributed by atoms with Crippen molar-refractivity contribution in [3.05, 3.63) is 107 Å². The average Bonchev–Trinajstić information content (AvgIpc) is 2.99. The molecular formula is C33H28O6. The summed E-state index contributed by atoms with van der Waals surface area (Å²) < 4.78 is 15.1. The Hall–Kier alpha value is -5.07. The van der Waals surface area contributed by atoms with Gasteiger partial charge in [0, 0.05) is 24.0 Å². The lowest BCUT2D eigenvalue weighted by Gasteiger charge is -2.24. The lowest BCUT2D eigenvalue weighted by molar-refractivity contribution is -0.168. The van der Waals surface area contributed by atoms with Gasteiger partial charge in [0.25, 0.3) is 0 Å². The molecule has 3 aromatic carbocycles. The summed E-state index contributed by atoms with van der Waals surface area (Å²) in [5.41, 5.74) is 0.325. The van der Waals surface area contributed by atoms with Gasteiger partial charge in [0.1, 0.15) is 5.75 Å². The Morgan fingerprint density at radius 1 is 0.744 bits per heavy atom. The van der Waals surface area contributed by atoms with E-state index in [0.29, 0.717) is 16.9 Å². The van der Waals surface area contributed by atoms with Gasteiger partial charge in [-0.05, 0) is 35.9 Å². The van der Waals surface area contributed by atoms with Crippen molar-refractivity contribution in [1.82, 2.24) is 0 Å². The maximum absolute atomic E-state index is 13.3. The van der Waals surface area contributed by atoms with E-state index in [2.05, 4.69) is 23.7 Å². The van der Waals surface area contributed by atoms with Gasteiger partial charge in [-0.2, -0.15) is 0 Å². The van der Waals surface area contributed by atoms with Gasteiger partial charge in [0.2, 0.25) is 5.78 Å². The number of hydrogen-bond donors (Lipinski definition) is 0. The highest BCUT2D eigenvalue weighted by Crippen LogP contribution is 2.30. The average molecular weight is 521 g/mol. The quantitative estimate of drug-likeness (QED) is 0.135. The molecule has 0 saturated carbocycles. The summed E-state index contributed by atoms with van der Waals surface area (Å²) in [7, 11) is 3.94. The molecule has 6 heteroatoms. The molecule has 0 amide bonds. The van der Waals surface area contributed by atoms with Gasteiger partial charge < -0.3 is 14.2 Å². The molecule has 0 bridgehead atoms. The SMILES string of the molecule is COC(=O)C(CC#C/C(=C\c1ccccc1)C(=O)c1ccccc1)(CC#Cc1ccc(OC)cc1)C(=O)OC. The number of methoxy groups -OCH3 is 3. The third-order valence-electron chi connectivity index (χ3n) is 5.87. The molecule has 0 radical (unpaired) electrons. The molecule has 0 spiro atoms. The molecule has 0 aromatic heterocycles. The summed E-state index contributed by atoms with van der Waals surface area (Å²) in [5.74, 6) is 10.3. The third-order valence-corrected chi connectivity index (χ3v) is 5.87. The summed E-state index contributed by atoms with van der Waals surface area (Å²) in [6.45, 7) is 0. The van der Waals surface area contributed by atoms with Gasteiger partial charge in [0.15, 0.2) is 5.41 Å². The number of Topliss-reactive ketones (excluding diaryl/α,β-unsaturated/α-hetero) is 1. The highest BCUT2D eigenvalue weighted by Gasteiger charge is 2.47. The van der Waals surface area contributed by atoms with Gasteiger partial charge in [-0.25, -0.2) is 0 Å². The molecule has 6 nitrogen and oxygen atoms in total. The molecule has 196 valence electrons. The van der Waals surface area contributed by atoms with Crippen LogP contribution in [-0.4, -0.2) is 39.1 Å². The molecule has 0 fully saturated rings. The maximum Gasteiger partial charge on any atom is 0.325 e. The molecule has 3 rings (SSSR count). The number of ketones is 1. The zero-order valence-electron chi connectivity index (χ0n) is 22.0. The van der Waals surface area contributed by atoms with Crippen LogP contribution in [0.5, 0.6) is 5.75 Å². The van der Waals surface area contributed by atoms with Crippen LogP contribution in [0.3, 0.4) is 0 Å². The molecule has 39 heavy (non-hydrogen) atoms. The minimum Gasteiger partial charge on any atom is -0.497 e. The molecule has 0 aliphatic carbocycles. The standard InChI is InChI=1S/C33H28O6/c1-37-29-20-18-25(19-21-29)14-10-22-33(31(35)38-2,32(36)39-3)23-11-17-28(24-26-12-6-4-7-13-26)30(34)27-15-8-5-9-16-27/h4-9,12-13,15-16,18-21,24H,22-23H2,1-3H3/b28-24+. The number of esters is 2. The molecule has 0 heterocycles. The first-order valence-corrected chi connectivity index (χ1v) is 12.1. The van der Waals surface area contributed by atoms with Crippen molar-refractivity contribution < 1.29 is 28.6 Å². The lowest BCUT2D eigenvalue weighted by Crippen LogP contribution is -2.40. The smallest absolute Gasteiger partial charge is 0.325 e. The van der Waals surface area contributed by atoms with Gasteiger partial charge in [-0.1, -0.05) is 84.3 Å². The van der Waals surface area contributed by atoms with E-state index in [-0.39, 0.29) is 24.2 Å². The van der Waals surface area contributed by atoms with Gasteiger partial charge >= 0.3 is 11.9 Å². The fraction of sp³-hybridized carbons (Fsp3) is 0.182. The fourth-order valence-electron chi connectivity index (χ4n) is 3.71. The minimum atomic E-state index is -1.80. The minimum absolute atomic E-state index is 0.197. The second kappa shape index (κ2) is 14.0. The van der Waals surface area contributed by atoms with Crippen LogP contribution >= 0.6 is 0 Å². The first kappa shape index (κ1) is 28.5. The van der Waals surface area contributed by atoms with Crippen molar-refractivity contribution in [2.24, 2.45) is 5.41 Å². The van der Waals surface area contributed by atoms with Crippen molar-refractivity contribution in [3.8, 4) is 29.4 Å². The van der Waals surface area contributed by atoms with Crippen molar-refractivity contribution in [1.29, 1.82) is 0 Å². The van der Waals surface area contributed by atoms with Gasteiger partial charge in [-0.3, -0.25) is 14.4 Å². The van der Waals surface area contributed by atoms with Crippen molar-refractivity contribution in [2.75, 3.05) is 21.3 Å². The molecule has 0 unspecified atom stereocenters. The summed E-state index contributed by atoms with van der Waals surface area (Å²) in [6, 6.07) is 25.1. The normalized spacial score (nSPS) is 10.7. The fourth-order valence-corrected chi connectivity index (χ4v) is 3.71. The Bertz CT molecular complexity index is 1430. The summed E-state index contributed by atoms with van der Waals surface area (Å²) in [4.78, 5) is 39.1. The monoisotopic (exact) mass is 520 g/mol. The number of carbonyl (C=O) groups is 3. The predicted octanol–water partition coefficient (Wildman–Crippen LogP) is 5.13. The number of benzene rings is 3. The molecule has 3 aromatic rings. The molecule has 0 aliphatic heterocycles. The third kappa shape index (κ3) is 7.47. The Morgan fingerprint density at radius 2 is 1.31 bits per heavy atom. The van der Waals surface area contributed by atoms with E-state index >= 15 is 0 Å². The lowest BCUT2D eigenvalue weighted by atomic mass is 9.81. The highest BCUT2D eigenvalue weighted by atomic mass is 16.5. The zero-order chi connectivity index (χ0) is 28.1. The van der Waals surface area contributed by atoms with E-state index in [1.165, 1.54) is 14.2 Å². The topological polar surface area (TPSA) is 78.9 Å². The van der Waals surface area contributed by atoms with Crippen LogP contribution in [0.15, 0.2) is 90.5 Å². The van der Waals surface area contributed by atoms with Crippen LogP contribution in [0.1, 0.15) is 34.3 Å². The Labute approximate surface area is 228 Å². The van der Waals surface area contributed by atoms with E-state index in [4.69, 9.17) is 14.2 Å². The first-order valence-electron chi connectivity index (χ1n) is 12.1. The molecule has 0 N–H and O–H groups in total. The largest absolute Gasteiger partial charge is 0.497 e. The van der Waals surface area contributed by atoms with E-state index in [9.17, 15) is 14.4 Å². The van der Waals surface area contributed by atoms with Gasteiger partial charge in [-0.15, -0.1) is 0 Å². The number of carbonyl (C=O) groups excluding carboxylic acids is 3. The van der Waals surface area contributed by atoms with E-state index in [1.807, 2.05) is 36.4 Å². The maximum atomic E-state index is 13.3. The molecular weight excluding hydrogens is 492 g/mol. The van der Waals surface area contributed by atoms with Crippen LogP contribution in [0, 0.1) is 29.1 Å². The summed E-state index contributed by atoms with van der Waals surface area (Å²) in [6.07, 6.45) is 1.21. The molecule has 0 saturated heterocycles. The molecule has 0 aliphatic rings. The van der Waals surface area contributed by atoms with Crippen molar-refractivity contribution in [3.63, 3.8) is 0 Å². The van der Waals surface area contributed by atoms with Crippen LogP contribution in [0.25, 0.3) is 6.08 Å². The number of allylic oxidation sites excluding steroid dienone is 1. The van der Waals surface area contributed by atoms with Crippen molar-refractivity contribution in [2.45, 2.75) is 12.8 Å². The zero-order valence-corrected chi connectivity index (χ0v) is 22.0. The highest BCUT2D eigenvalue weighted by molar-refractivity contribution is 6.14. The van der Waals surface area contributed by atoms with E-state index in [0.717, 1.165) is 5.56 Å². The van der Waals surface area contributed by atoms with E-state index in [1.54, 1.807) is 61.7 Å². The molecule has 0 atom stereocenters. The Morgan fingerprint density at radius 3 is 1.87 bits per heavy atom. The van der Waals surface area contributed by atoms with Crippen LogP contribution < -0.4 is 4.74 Å². The summed E-state index contributed by atoms with van der Waals surface area (Å²) >= 11 is 0. The summed E-state index contributed by atoms with van der Waals surface area (Å²) in [5, 5.41) is 0. The Balaban J connectivity index is 1.98. The number of ether oxygens (including phenoxy) is 3. The van der Waals surface area contributed by atoms with Crippen LogP contribution in [-0.2, 0) is 19.1 Å². The second-order valence-electron chi connectivity index (χ2n) is 8.41. The van der Waals surface area contributed by atoms with E-state index < -0.39 is 17.4 Å². The number of rotatable bonds is 8. The first-order chi connectivity index (χ1) is 18.9. The van der Waals surface area contributed by atoms with Gasteiger partial charge in [0.05, 0.1) is 26.9 Å². The second-order valence-corrected chi connectivity index (χ2v) is 8.41. The number of hydrogen-bond acceptors (Lipinski definition) is 6. The van der Waals surface area contributed by atoms with Crippen LogP contribution in [0.2, 0.25) is 0 Å². The predicted molar refractivity (Wildman–Crippen MR) is 149 cm³/mol.